The van der Waals surface area contributed by atoms with Gasteiger partial charge in [0.25, 0.3) is 0 Å². The average Bonchev–Trinajstić information content (AvgIpc) is 2.26. The maximum Gasteiger partial charge on any atom is 0.331 e. The van der Waals surface area contributed by atoms with Gasteiger partial charge in [-0.05, 0) is 18.6 Å². The van der Waals surface area contributed by atoms with Crippen molar-refractivity contribution in [1.82, 2.24) is 0 Å². The Kier molecular flexibility index (Phi) is 5.44. The molecule has 98 valence electrons. The van der Waals surface area contributed by atoms with E-state index in [9.17, 15) is 9.18 Å². The summed E-state index contributed by atoms with van der Waals surface area (Å²) >= 11 is 11.6. The number of halogens is 3. The van der Waals surface area contributed by atoms with Gasteiger partial charge in [0.2, 0.25) is 0 Å². The zero-order valence-corrected chi connectivity index (χ0v) is 11.1. The van der Waals surface area contributed by atoms with Crippen molar-refractivity contribution in [1.29, 1.82) is 0 Å². The fourth-order valence-electron chi connectivity index (χ4n) is 1.37. The minimum absolute atomic E-state index is 0.154. The summed E-state index contributed by atoms with van der Waals surface area (Å²) in [6, 6.07) is 2.27. The van der Waals surface area contributed by atoms with E-state index in [0.29, 0.717) is 12.1 Å². The minimum atomic E-state index is -0.962. The molecule has 1 aromatic carbocycles. The van der Waals surface area contributed by atoms with Gasteiger partial charge in [-0.2, -0.15) is 0 Å². The normalized spacial score (nSPS) is 11.4. The van der Waals surface area contributed by atoms with E-state index in [2.05, 4.69) is 5.32 Å². The van der Waals surface area contributed by atoms with Crippen LogP contribution in [-0.2, 0) is 4.79 Å². The van der Waals surface area contributed by atoms with Crippen LogP contribution in [0.3, 0.4) is 0 Å². The molecular formula is C12H12Cl2FNO2. The summed E-state index contributed by atoms with van der Waals surface area (Å²) in [5, 5.41) is 12.0. The summed E-state index contributed by atoms with van der Waals surface area (Å²) in [4.78, 5) is 10.8. The SMILES string of the molecule is CCC(=CCNc1c(Cl)cc(F)cc1Cl)C(=O)O. The molecule has 0 aliphatic carbocycles. The highest BCUT2D eigenvalue weighted by molar-refractivity contribution is 6.39. The van der Waals surface area contributed by atoms with E-state index in [-0.39, 0.29) is 22.2 Å². The molecule has 0 aliphatic rings. The van der Waals surface area contributed by atoms with E-state index in [1.165, 1.54) is 6.08 Å². The first-order valence-electron chi connectivity index (χ1n) is 5.26. The Labute approximate surface area is 114 Å². The summed E-state index contributed by atoms with van der Waals surface area (Å²) in [5.41, 5.74) is 0.675. The molecule has 0 atom stereocenters. The van der Waals surface area contributed by atoms with Gasteiger partial charge in [0.05, 0.1) is 15.7 Å². The lowest BCUT2D eigenvalue weighted by Gasteiger charge is -2.09. The Bertz CT molecular complexity index is 466. The zero-order valence-electron chi connectivity index (χ0n) is 9.64. The molecule has 0 heterocycles. The monoisotopic (exact) mass is 291 g/mol. The first kappa shape index (κ1) is 14.8. The largest absolute Gasteiger partial charge is 0.478 e. The fraction of sp³-hybridized carbons (Fsp3) is 0.250. The molecule has 0 amide bonds. The van der Waals surface area contributed by atoms with Gasteiger partial charge in [-0.1, -0.05) is 36.2 Å². The van der Waals surface area contributed by atoms with Crippen molar-refractivity contribution in [3.63, 3.8) is 0 Å². The molecule has 18 heavy (non-hydrogen) atoms. The van der Waals surface area contributed by atoms with Gasteiger partial charge in [-0.15, -0.1) is 0 Å². The molecule has 0 aromatic heterocycles. The van der Waals surface area contributed by atoms with Crippen molar-refractivity contribution in [2.75, 3.05) is 11.9 Å². The number of anilines is 1. The molecule has 0 spiro atoms. The van der Waals surface area contributed by atoms with E-state index < -0.39 is 11.8 Å². The number of hydrogen-bond acceptors (Lipinski definition) is 2. The van der Waals surface area contributed by atoms with Crippen molar-refractivity contribution in [2.24, 2.45) is 0 Å². The highest BCUT2D eigenvalue weighted by Gasteiger charge is 2.08. The molecule has 0 bridgehead atoms. The summed E-state index contributed by atoms with van der Waals surface area (Å²) in [6.45, 7) is 2.00. The maximum absolute atomic E-state index is 12.9. The molecule has 2 N–H and O–H groups in total. The van der Waals surface area contributed by atoms with Crippen LogP contribution in [0.25, 0.3) is 0 Å². The van der Waals surface area contributed by atoms with Crippen LogP contribution in [0.1, 0.15) is 13.3 Å². The van der Waals surface area contributed by atoms with Crippen LogP contribution in [0.4, 0.5) is 10.1 Å². The molecule has 1 rings (SSSR count). The third-order valence-electron chi connectivity index (χ3n) is 2.29. The van der Waals surface area contributed by atoms with Crippen LogP contribution in [0.5, 0.6) is 0 Å². The lowest BCUT2D eigenvalue weighted by atomic mass is 10.2. The van der Waals surface area contributed by atoms with Gasteiger partial charge < -0.3 is 10.4 Å². The molecule has 6 heteroatoms. The van der Waals surface area contributed by atoms with Crippen molar-refractivity contribution >= 4 is 34.9 Å². The molecule has 0 radical (unpaired) electrons. The number of carboxylic acids is 1. The van der Waals surface area contributed by atoms with Gasteiger partial charge in [-0.25, -0.2) is 9.18 Å². The third-order valence-corrected chi connectivity index (χ3v) is 2.89. The van der Waals surface area contributed by atoms with Gasteiger partial charge in [-0.3, -0.25) is 0 Å². The Hall–Kier alpha value is -1.26. The van der Waals surface area contributed by atoms with Crippen molar-refractivity contribution in [2.45, 2.75) is 13.3 Å². The molecule has 0 saturated carbocycles. The Morgan fingerprint density at radius 1 is 1.44 bits per heavy atom. The van der Waals surface area contributed by atoms with E-state index in [0.717, 1.165) is 12.1 Å². The quantitative estimate of drug-likeness (QED) is 0.807. The molecule has 0 unspecified atom stereocenters. The Morgan fingerprint density at radius 3 is 2.44 bits per heavy atom. The minimum Gasteiger partial charge on any atom is -0.478 e. The lowest BCUT2D eigenvalue weighted by Crippen LogP contribution is -2.05. The maximum atomic E-state index is 12.9. The second-order valence-electron chi connectivity index (χ2n) is 3.51. The first-order valence-corrected chi connectivity index (χ1v) is 6.02. The van der Waals surface area contributed by atoms with Gasteiger partial charge in [0, 0.05) is 12.1 Å². The smallest absolute Gasteiger partial charge is 0.331 e. The second-order valence-corrected chi connectivity index (χ2v) is 4.33. The summed E-state index contributed by atoms with van der Waals surface area (Å²) < 4.78 is 12.9. The van der Waals surface area contributed by atoms with Gasteiger partial charge in [0.15, 0.2) is 0 Å². The third kappa shape index (κ3) is 3.89. The number of nitrogens with one attached hydrogen (secondary N) is 1. The van der Waals surface area contributed by atoms with E-state index in [1.54, 1.807) is 6.92 Å². The van der Waals surface area contributed by atoms with Crippen molar-refractivity contribution in [3.8, 4) is 0 Å². The van der Waals surface area contributed by atoms with Crippen LogP contribution in [0.15, 0.2) is 23.8 Å². The van der Waals surface area contributed by atoms with E-state index in [4.69, 9.17) is 28.3 Å². The second kappa shape index (κ2) is 6.61. The van der Waals surface area contributed by atoms with Crippen molar-refractivity contribution < 1.29 is 14.3 Å². The molecule has 3 nitrogen and oxygen atoms in total. The number of aliphatic carboxylic acids is 1. The highest BCUT2D eigenvalue weighted by atomic mass is 35.5. The van der Waals surface area contributed by atoms with E-state index >= 15 is 0 Å². The summed E-state index contributed by atoms with van der Waals surface area (Å²) in [7, 11) is 0. The number of carbonyl (C=O) groups is 1. The number of carboxylic acid groups (broad SMARTS) is 1. The Morgan fingerprint density at radius 2 is 2.00 bits per heavy atom. The molecule has 0 saturated heterocycles. The predicted octanol–water partition coefficient (Wildman–Crippen LogP) is 3.97. The molecule has 1 aromatic rings. The Balaban J connectivity index is 2.78. The molecular weight excluding hydrogens is 280 g/mol. The van der Waals surface area contributed by atoms with Crippen LogP contribution in [0, 0.1) is 5.82 Å². The molecule has 0 fully saturated rings. The predicted molar refractivity (Wildman–Crippen MR) is 70.9 cm³/mol. The van der Waals surface area contributed by atoms with Crippen LogP contribution >= 0.6 is 23.2 Å². The van der Waals surface area contributed by atoms with Gasteiger partial charge >= 0.3 is 5.97 Å². The van der Waals surface area contributed by atoms with Crippen LogP contribution in [0.2, 0.25) is 10.0 Å². The lowest BCUT2D eigenvalue weighted by molar-refractivity contribution is -0.132. The number of hydrogen-bond donors (Lipinski definition) is 2. The van der Waals surface area contributed by atoms with Gasteiger partial charge in [0.1, 0.15) is 5.82 Å². The average molecular weight is 292 g/mol. The first-order chi connectivity index (χ1) is 8.45. The highest BCUT2D eigenvalue weighted by Crippen LogP contribution is 2.31. The number of benzene rings is 1. The fourth-order valence-corrected chi connectivity index (χ4v) is 1.96. The summed E-state index contributed by atoms with van der Waals surface area (Å²) in [5.74, 6) is -1.48. The van der Waals surface area contributed by atoms with E-state index in [1.807, 2.05) is 0 Å². The standard InChI is InChI=1S/C12H12Cl2FNO2/c1-2-7(12(17)18)3-4-16-11-9(13)5-8(15)6-10(11)14/h3,5-6,16H,2,4H2,1H3,(H,17,18). The van der Waals surface area contributed by atoms with Crippen LogP contribution in [-0.4, -0.2) is 17.6 Å². The molecule has 0 aliphatic heterocycles. The summed E-state index contributed by atoms with van der Waals surface area (Å²) in [6.07, 6.45) is 1.94. The van der Waals surface area contributed by atoms with Crippen LogP contribution < -0.4 is 5.32 Å². The zero-order chi connectivity index (χ0) is 13.7. The topological polar surface area (TPSA) is 49.3 Å². The van der Waals surface area contributed by atoms with Crippen molar-refractivity contribution in [3.05, 3.63) is 39.6 Å². The number of rotatable bonds is 5.